The van der Waals surface area contributed by atoms with Crippen molar-refractivity contribution in [1.82, 2.24) is 4.90 Å². The molecule has 1 aromatic rings. The first-order chi connectivity index (χ1) is 8.10. The van der Waals surface area contributed by atoms with E-state index in [1.807, 2.05) is 6.92 Å². The quantitative estimate of drug-likeness (QED) is 0.725. The van der Waals surface area contributed by atoms with Crippen LogP contribution in [0, 0.1) is 5.82 Å². The maximum absolute atomic E-state index is 13.3. The lowest BCUT2D eigenvalue weighted by Crippen LogP contribution is -2.32. The summed E-state index contributed by atoms with van der Waals surface area (Å²) in [6.45, 7) is 3.23. The first-order valence-electron chi connectivity index (χ1n) is 5.40. The summed E-state index contributed by atoms with van der Waals surface area (Å²) in [7, 11) is 0. The zero-order valence-electron chi connectivity index (χ0n) is 9.55. The van der Waals surface area contributed by atoms with Crippen LogP contribution in [0.3, 0.4) is 0 Å². The van der Waals surface area contributed by atoms with Gasteiger partial charge in [0.15, 0.2) is 0 Å². The Hall–Kier alpha value is -0.420. The molecule has 0 saturated carbocycles. The number of carbonyl (C=O) groups excluding carboxylic acids is 1. The van der Waals surface area contributed by atoms with E-state index in [0.717, 1.165) is 11.8 Å². The lowest BCUT2D eigenvalue weighted by atomic mass is 10.2. The monoisotopic (exact) mass is 365 g/mol. The summed E-state index contributed by atoms with van der Waals surface area (Å²) in [5, 5.41) is 0.853. The van der Waals surface area contributed by atoms with Crippen LogP contribution in [0.1, 0.15) is 23.7 Å². The minimum Gasteiger partial charge on any atom is -0.339 e. The third-order valence-corrected chi connectivity index (χ3v) is 3.60. The maximum Gasteiger partial charge on any atom is 0.253 e. The van der Waals surface area contributed by atoms with Crippen LogP contribution in [-0.4, -0.2) is 29.2 Å². The Morgan fingerprint density at radius 3 is 2.71 bits per heavy atom. The number of amides is 1. The second-order valence-electron chi connectivity index (χ2n) is 3.56. The van der Waals surface area contributed by atoms with Crippen LogP contribution >= 0.6 is 31.9 Å². The van der Waals surface area contributed by atoms with E-state index in [9.17, 15) is 9.18 Å². The lowest BCUT2D eigenvalue weighted by Gasteiger charge is -2.20. The Kier molecular flexibility index (Phi) is 6.12. The first-order valence-corrected chi connectivity index (χ1v) is 7.32. The number of hydrogen-bond donors (Lipinski definition) is 0. The van der Waals surface area contributed by atoms with Crippen LogP contribution < -0.4 is 0 Å². The third kappa shape index (κ3) is 4.07. The summed E-state index contributed by atoms with van der Waals surface area (Å²) in [5.74, 6) is -0.535. The van der Waals surface area contributed by atoms with Gasteiger partial charge in [0, 0.05) is 24.0 Å². The summed E-state index contributed by atoms with van der Waals surface area (Å²) >= 11 is 6.40. The SMILES string of the molecule is CCN(CCCBr)C(=O)c1ccc(Br)c(F)c1. The molecule has 0 aliphatic rings. The Labute approximate surface area is 117 Å². The highest BCUT2D eigenvalue weighted by Crippen LogP contribution is 2.17. The van der Waals surface area contributed by atoms with Gasteiger partial charge < -0.3 is 4.90 Å². The Balaban J connectivity index is 2.82. The van der Waals surface area contributed by atoms with Gasteiger partial charge in [-0.15, -0.1) is 0 Å². The van der Waals surface area contributed by atoms with Gasteiger partial charge in [-0.2, -0.15) is 0 Å². The van der Waals surface area contributed by atoms with Gasteiger partial charge in [-0.05, 0) is 47.5 Å². The zero-order valence-corrected chi connectivity index (χ0v) is 12.7. The van der Waals surface area contributed by atoms with Gasteiger partial charge in [0.05, 0.1) is 4.47 Å². The fraction of sp³-hybridized carbons (Fsp3) is 0.417. The normalized spacial score (nSPS) is 10.4. The maximum atomic E-state index is 13.3. The van der Waals surface area contributed by atoms with Gasteiger partial charge in [0.25, 0.3) is 5.91 Å². The molecule has 5 heteroatoms. The van der Waals surface area contributed by atoms with Crippen molar-refractivity contribution in [2.75, 3.05) is 18.4 Å². The number of hydrogen-bond acceptors (Lipinski definition) is 1. The summed E-state index contributed by atoms with van der Waals surface area (Å²) in [6.07, 6.45) is 0.887. The minimum atomic E-state index is -0.410. The summed E-state index contributed by atoms with van der Waals surface area (Å²) in [6, 6.07) is 4.45. The number of halogens is 3. The molecule has 0 heterocycles. The summed E-state index contributed by atoms with van der Waals surface area (Å²) < 4.78 is 13.7. The molecule has 0 atom stereocenters. The van der Waals surface area contributed by atoms with Gasteiger partial charge in [0.1, 0.15) is 5.82 Å². The lowest BCUT2D eigenvalue weighted by molar-refractivity contribution is 0.0764. The average Bonchev–Trinajstić information content (AvgIpc) is 2.33. The third-order valence-electron chi connectivity index (χ3n) is 2.40. The molecule has 2 nitrogen and oxygen atoms in total. The van der Waals surface area contributed by atoms with E-state index in [4.69, 9.17) is 0 Å². The predicted octanol–water partition coefficient (Wildman–Crippen LogP) is 3.84. The van der Waals surface area contributed by atoms with Crippen molar-refractivity contribution in [2.45, 2.75) is 13.3 Å². The molecule has 0 aliphatic carbocycles. The molecule has 1 rings (SSSR count). The van der Waals surface area contributed by atoms with Crippen molar-refractivity contribution in [2.24, 2.45) is 0 Å². The second kappa shape index (κ2) is 7.11. The molecule has 0 bridgehead atoms. The van der Waals surface area contributed by atoms with E-state index in [-0.39, 0.29) is 5.91 Å². The van der Waals surface area contributed by atoms with Crippen LogP contribution in [0.2, 0.25) is 0 Å². The van der Waals surface area contributed by atoms with Crippen molar-refractivity contribution < 1.29 is 9.18 Å². The Morgan fingerprint density at radius 2 is 2.18 bits per heavy atom. The van der Waals surface area contributed by atoms with Gasteiger partial charge in [-0.1, -0.05) is 15.9 Å². The number of alkyl halides is 1. The molecule has 0 N–H and O–H groups in total. The van der Waals surface area contributed by atoms with Crippen molar-refractivity contribution in [3.05, 3.63) is 34.1 Å². The Morgan fingerprint density at radius 1 is 1.47 bits per heavy atom. The average molecular weight is 367 g/mol. The smallest absolute Gasteiger partial charge is 0.253 e. The molecule has 1 amide bonds. The summed E-state index contributed by atoms with van der Waals surface area (Å²) in [5.41, 5.74) is 0.391. The zero-order chi connectivity index (χ0) is 12.8. The van der Waals surface area contributed by atoms with E-state index in [2.05, 4.69) is 31.9 Å². The fourth-order valence-electron chi connectivity index (χ4n) is 1.47. The van der Waals surface area contributed by atoms with Crippen LogP contribution in [-0.2, 0) is 0 Å². The standard InChI is InChI=1S/C12H14Br2FNO/c1-2-16(7-3-6-13)12(17)9-4-5-10(14)11(15)8-9/h4-5,8H,2-3,6-7H2,1H3. The van der Waals surface area contributed by atoms with Crippen molar-refractivity contribution in [3.63, 3.8) is 0 Å². The number of nitrogens with zero attached hydrogens (tertiary/aromatic N) is 1. The summed E-state index contributed by atoms with van der Waals surface area (Å²) in [4.78, 5) is 13.8. The van der Waals surface area contributed by atoms with Gasteiger partial charge in [-0.3, -0.25) is 4.79 Å². The van der Waals surface area contributed by atoms with E-state index in [1.165, 1.54) is 6.07 Å². The largest absolute Gasteiger partial charge is 0.339 e. The van der Waals surface area contributed by atoms with E-state index in [0.29, 0.717) is 23.1 Å². The Bertz CT molecular complexity index is 398. The molecule has 0 unspecified atom stereocenters. The predicted molar refractivity (Wildman–Crippen MR) is 74.1 cm³/mol. The molecule has 1 aromatic carbocycles. The number of carbonyl (C=O) groups is 1. The molecule has 0 spiro atoms. The van der Waals surface area contributed by atoms with Crippen molar-refractivity contribution in [1.29, 1.82) is 0 Å². The molecule has 0 radical (unpaired) electrons. The first kappa shape index (κ1) is 14.6. The number of benzene rings is 1. The highest BCUT2D eigenvalue weighted by atomic mass is 79.9. The second-order valence-corrected chi connectivity index (χ2v) is 5.20. The number of rotatable bonds is 5. The molecular formula is C12H14Br2FNO. The fourth-order valence-corrected chi connectivity index (χ4v) is 1.96. The minimum absolute atomic E-state index is 0.125. The molecular weight excluding hydrogens is 353 g/mol. The molecule has 0 saturated heterocycles. The van der Waals surface area contributed by atoms with Crippen LogP contribution in [0.5, 0.6) is 0 Å². The molecule has 94 valence electrons. The van der Waals surface area contributed by atoms with E-state index < -0.39 is 5.82 Å². The van der Waals surface area contributed by atoms with Gasteiger partial charge in [0.2, 0.25) is 0 Å². The van der Waals surface area contributed by atoms with Crippen LogP contribution in [0.15, 0.2) is 22.7 Å². The highest BCUT2D eigenvalue weighted by molar-refractivity contribution is 9.10. The molecule has 17 heavy (non-hydrogen) atoms. The van der Waals surface area contributed by atoms with E-state index in [1.54, 1.807) is 17.0 Å². The van der Waals surface area contributed by atoms with Gasteiger partial charge >= 0.3 is 0 Å². The molecule has 0 aromatic heterocycles. The van der Waals surface area contributed by atoms with Crippen molar-refractivity contribution in [3.8, 4) is 0 Å². The van der Waals surface area contributed by atoms with Crippen LogP contribution in [0.4, 0.5) is 4.39 Å². The highest BCUT2D eigenvalue weighted by Gasteiger charge is 2.14. The molecule has 0 fully saturated rings. The van der Waals surface area contributed by atoms with Gasteiger partial charge in [-0.25, -0.2) is 4.39 Å². The molecule has 0 aliphatic heterocycles. The topological polar surface area (TPSA) is 20.3 Å². The van der Waals surface area contributed by atoms with Crippen LogP contribution in [0.25, 0.3) is 0 Å². The van der Waals surface area contributed by atoms with E-state index >= 15 is 0 Å². The van der Waals surface area contributed by atoms with Crippen molar-refractivity contribution >= 4 is 37.8 Å².